The van der Waals surface area contributed by atoms with E-state index < -0.39 is 22.2 Å². The third kappa shape index (κ3) is 3.60. The van der Waals surface area contributed by atoms with Crippen LogP contribution in [0, 0.1) is 0 Å². The molecule has 2 atom stereocenters. The second-order valence-corrected chi connectivity index (χ2v) is 6.78. The quantitative estimate of drug-likeness (QED) is 0.602. The van der Waals surface area contributed by atoms with E-state index in [2.05, 4.69) is 0 Å². The average Bonchev–Trinajstić information content (AvgIpc) is 2.70. The lowest BCUT2D eigenvalue weighted by atomic mass is 10.3. The Morgan fingerprint density at radius 1 is 1.30 bits per heavy atom. The van der Waals surface area contributed by atoms with E-state index in [-0.39, 0.29) is 25.4 Å². The van der Waals surface area contributed by atoms with Gasteiger partial charge in [0.15, 0.2) is 0 Å². The second-order valence-electron chi connectivity index (χ2n) is 4.69. The number of β-amino-alcohol motifs (C(OH)–C–C–N with tert-alkyl or cyclic N) is 2. The maximum atomic E-state index is 12.0. The molecule has 0 saturated carbocycles. The first-order chi connectivity index (χ1) is 9.38. The van der Waals surface area contributed by atoms with Gasteiger partial charge < -0.3 is 20.7 Å². The summed E-state index contributed by atoms with van der Waals surface area (Å²) in [6.07, 6.45) is -2.06. The topological polar surface area (TPSA) is 113 Å². The molecule has 0 unspecified atom stereocenters. The lowest BCUT2D eigenvalue weighted by Gasteiger charge is -2.15. The molecular weight excluding hydrogens is 284 g/mol. The highest BCUT2D eigenvalue weighted by atomic mass is 32.2. The van der Waals surface area contributed by atoms with Gasteiger partial charge in [-0.3, -0.25) is 0 Å². The van der Waals surface area contributed by atoms with Crippen LogP contribution in [-0.4, -0.2) is 60.6 Å². The largest absolute Gasteiger partial charge is 0.492 e. The van der Waals surface area contributed by atoms with Crippen LogP contribution >= 0.6 is 0 Å². The summed E-state index contributed by atoms with van der Waals surface area (Å²) in [5.41, 5.74) is 6.12. The predicted molar refractivity (Wildman–Crippen MR) is 73.7 cm³/mol. The first kappa shape index (κ1) is 15.0. The number of ether oxygens (including phenoxy) is 1. The molecule has 7 nitrogen and oxygen atoms in total. The van der Waals surface area contributed by atoms with Crippen LogP contribution in [0.5, 0.6) is 5.75 Å². The van der Waals surface area contributed by atoms with E-state index in [4.69, 9.17) is 10.5 Å². The van der Waals surface area contributed by atoms with E-state index in [1.54, 1.807) is 24.3 Å². The third-order valence-corrected chi connectivity index (χ3v) is 4.85. The zero-order valence-corrected chi connectivity index (χ0v) is 11.7. The van der Waals surface area contributed by atoms with Gasteiger partial charge in [-0.25, -0.2) is 8.42 Å². The number of hydrogen-bond acceptors (Lipinski definition) is 6. The molecule has 2 rings (SSSR count). The van der Waals surface area contributed by atoms with Crippen molar-refractivity contribution >= 4 is 15.7 Å². The molecule has 1 aliphatic rings. The van der Waals surface area contributed by atoms with E-state index in [1.165, 1.54) is 0 Å². The minimum atomic E-state index is -3.55. The Labute approximate surface area is 117 Å². The van der Waals surface area contributed by atoms with Crippen molar-refractivity contribution < 1.29 is 23.4 Å². The number of nitrogens with two attached hydrogens (primary N) is 1. The Morgan fingerprint density at radius 3 is 2.55 bits per heavy atom. The number of sulfonamides is 1. The summed E-state index contributed by atoms with van der Waals surface area (Å²) in [4.78, 5) is 0. The fourth-order valence-corrected chi connectivity index (χ4v) is 3.27. The van der Waals surface area contributed by atoms with Crippen LogP contribution in [0.4, 0.5) is 5.69 Å². The number of aliphatic hydroxyl groups excluding tert-OH is 2. The van der Waals surface area contributed by atoms with Gasteiger partial charge >= 0.3 is 0 Å². The average molecular weight is 302 g/mol. The fraction of sp³-hybridized carbons (Fsp3) is 0.500. The Morgan fingerprint density at radius 2 is 1.95 bits per heavy atom. The molecule has 0 aliphatic carbocycles. The molecule has 20 heavy (non-hydrogen) atoms. The highest BCUT2D eigenvalue weighted by molar-refractivity contribution is 7.89. The van der Waals surface area contributed by atoms with Gasteiger partial charge in [-0.15, -0.1) is 0 Å². The van der Waals surface area contributed by atoms with Gasteiger partial charge in [-0.05, 0) is 12.1 Å². The molecule has 1 aromatic carbocycles. The summed E-state index contributed by atoms with van der Waals surface area (Å²) in [5.74, 6) is 0.281. The minimum Gasteiger partial charge on any atom is -0.492 e. The Balaban J connectivity index is 1.87. The Bertz CT molecular complexity index is 553. The zero-order valence-electron chi connectivity index (χ0n) is 10.8. The van der Waals surface area contributed by atoms with Crippen molar-refractivity contribution in [2.45, 2.75) is 12.2 Å². The van der Waals surface area contributed by atoms with Crippen molar-refractivity contribution in [3.8, 4) is 5.75 Å². The molecule has 0 amide bonds. The van der Waals surface area contributed by atoms with Crippen molar-refractivity contribution in [3.05, 3.63) is 24.3 Å². The lowest BCUT2D eigenvalue weighted by Crippen LogP contribution is -2.33. The van der Waals surface area contributed by atoms with Crippen LogP contribution in [0.3, 0.4) is 0 Å². The molecule has 1 aliphatic heterocycles. The van der Waals surface area contributed by atoms with E-state index in [1.807, 2.05) is 0 Å². The van der Waals surface area contributed by atoms with Crippen LogP contribution < -0.4 is 10.5 Å². The third-order valence-electron chi connectivity index (χ3n) is 3.09. The molecule has 1 saturated heterocycles. The first-order valence-corrected chi connectivity index (χ1v) is 7.82. The Kier molecular flexibility index (Phi) is 4.48. The summed E-state index contributed by atoms with van der Waals surface area (Å²) in [5, 5.41) is 18.7. The summed E-state index contributed by atoms with van der Waals surface area (Å²) in [6.45, 7) is -0.182. The van der Waals surface area contributed by atoms with Crippen LogP contribution in [0.2, 0.25) is 0 Å². The first-order valence-electron chi connectivity index (χ1n) is 6.21. The second kappa shape index (κ2) is 5.96. The van der Waals surface area contributed by atoms with Gasteiger partial charge in [-0.2, -0.15) is 4.31 Å². The molecule has 0 aromatic heterocycles. The van der Waals surface area contributed by atoms with Crippen molar-refractivity contribution in [2.24, 2.45) is 0 Å². The Hall–Kier alpha value is -1.35. The molecule has 1 fully saturated rings. The van der Waals surface area contributed by atoms with Crippen molar-refractivity contribution in [2.75, 3.05) is 31.2 Å². The van der Waals surface area contributed by atoms with Crippen LogP contribution in [0.25, 0.3) is 0 Å². The molecule has 0 spiro atoms. The van der Waals surface area contributed by atoms with Crippen molar-refractivity contribution in [3.63, 3.8) is 0 Å². The summed E-state index contributed by atoms with van der Waals surface area (Å²) in [6, 6.07) is 6.71. The normalized spacial score (nSPS) is 23.9. The number of anilines is 1. The minimum absolute atomic E-state index is 0.0194. The van der Waals surface area contributed by atoms with E-state index in [0.717, 1.165) is 4.31 Å². The van der Waals surface area contributed by atoms with Crippen molar-refractivity contribution in [1.82, 2.24) is 4.31 Å². The standard InChI is InChI=1S/C12H18N2O5S/c13-9-2-1-3-10(6-9)19-4-5-20(17,18)14-7-11(15)12(16)8-14/h1-3,6,11-12,15-16H,4-5,7-8,13H2/t11-,12+. The highest BCUT2D eigenvalue weighted by Gasteiger charge is 2.36. The smallest absolute Gasteiger partial charge is 0.217 e. The summed E-state index contributed by atoms with van der Waals surface area (Å²) < 4.78 is 30.4. The van der Waals surface area contributed by atoms with Gasteiger partial charge in [0, 0.05) is 24.8 Å². The lowest BCUT2D eigenvalue weighted by molar-refractivity contribution is 0.0572. The molecule has 8 heteroatoms. The van der Waals surface area contributed by atoms with Crippen molar-refractivity contribution in [1.29, 1.82) is 0 Å². The predicted octanol–water partition coefficient (Wildman–Crippen LogP) is -0.985. The maximum absolute atomic E-state index is 12.0. The monoisotopic (exact) mass is 302 g/mol. The van der Waals surface area contributed by atoms with E-state index in [9.17, 15) is 18.6 Å². The molecule has 1 aromatic rings. The van der Waals surface area contributed by atoms with Gasteiger partial charge in [0.05, 0.1) is 18.0 Å². The number of nitrogens with zero attached hydrogens (tertiary/aromatic N) is 1. The number of rotatable bonds is 5. The zero-order chi connectivity index (χ0) is 14.8. The SMILES string of the molecule is Nc1cccc(OCCS(=O)(=O)N2C[C@@H](O)[C@@H](O)C2)c1. The highest BCUT2D eigenvalue weighted by Crippen LogP contribution is 2.17. The van der Waals surface area contributed by atoms with Crippen LogP contribution in [0.15, 0.2) is 24.3 Å². The van der Waals surface area contributed by atoms with E-state index >= 15 is 0 Å². The molecule has 0 radical (unpaired) electrons. The van der Waals surface area contributed by atoms with Gasteiger partial charge in [0.1, 0.15) is 12.4 Å². The van der Waals surface area contributed by atoms with Gasteiger partial charge in [0.2, 0.25) is 10.0 Å². The van der Waals surface area contributed by atoms with Crippen LogP contribution in [0.1, 0.15) is 0 Å². The maximum Gasteiger partial charge on any atom is 0.217 e. The number of aliphatic hydroxyl groups is 2. The fourth-order valence-electron chi connectivity index (χ4n) is 1.96. The molecule has 112 valence electrons. The van der Waals surface area contributed by atoms with Crippen LogP contribution in [-0.2, 0) is 10.0 Å². The summed E-state index contributed by atoms with van der Waals surface area (Å²) in [7, 11) is -3.55. The number of benzene rings is 1. The van der Waals surface area contributed by atoms with Gasteiger partial charge in [0.25, 0.3) is 0 Å². The van der Waals surface area contributed by atoms with E-state index in [0.29, 0.717) is 11.4 Å². The molecule has 4 N–H and O–H groups in total. The summed E-state index contributed by atoms with van der Waals surface area (Å²) >= 11 is 0. The van der Waals surface area contributed by atoms with Gasteiger partial charge in [-0.1, -0.05) is 6.07 Å². The molecule has 0 bridgehead atoms. The number of nitrogen functional groups attached to an aromatic ring is 1. The number of hydrogen-bond donors (Lipinski definition) is 3. The molecular formula is C12H18N2O5S. The molecule has 1 heterocycles.